The maximum Gasteiger partial charge on any atom is 0.302 e. The van der Waals surface area contributed by atoms with Gasteiger partial charge in [-0.05, 0) is 103 Å². The Hall–Kier alpha value is -5.40. The summed E-state index contributed by atoms with van der Waals surface area (Å²) in [4.78, 5) is 17.1. The average molecular weight is 770 g/mol. The average Bonchev–Trinajstić information content (AvgIpc) is 3.77. The molecule has 1 aromatic heterocycles. The molecule has 296 valence electrons. The van der Waals surface area contributed by atoms with Crippen LogP contribution in [0, 0.1) is 17.8 Å². The van der Waals surface area contributed by atoms with E-state index >= 15 is 0 Å². The highest BCUT2D eigenvalue weighted by molar-refractivity contribution is 5.84. The van der Waals surface area contributed by atoms with E-state index in [2.05, 4.69) is 35.4 Å². The number of hydrogen-bond donors (Lipinski definition) is 4. The van der Waals surface area contributed by atoms with Gasteiger partial charge in [0.15, 0.2) is 11.5 Å². The second kappa shape index (κ2) is 15.2. The predicted octanol–water partition coefficient (Wildman–Crippen LogP) is 7.58. The van der Waals surface area contributed by atoms with E-state index in [9.17, 15) is 15.0 Å². The van der Waals surface area contributed by atoms with E-state index in [1.165, 1.54) is 39.0 Å². The maximum absolute atomic E-state index is 12.4. The molecule has 2 fully saturated rings. The van der Waals surface area contributed by atoms with Gasteiger partial charge in [0.1, 0.15) is 48.1 Å². The zero-order chi connectivity index (χ0) is 39.3. The monoisotopic (exact) mass is 769 g/mol. The van der Waals surface area contributed by atoms with Gasteiger partial charge in [-0.1, -0.05) is 43.4 Å². The number of carbonyl (C=O) groups excluding carboxylic acids is 1. The smallest absolute Gasteiger partial charge is 0.302 e. The fourth-order valence-electron chi connectivity index (χ4n) is 10.5. The third-order valence-electron chi connectivity index (χ3n) is 13.0. The molecule has 4 unspecified atom stereocenters. The summed E-state index contributed by atoms with van der Waals surface area (Å²) in [5.41, 5.74) is 14.4. The zero-order valence-electron chi connectivity index (χ0n) is 32.8. The van der Waals surface area contributed by atoms with Gasteiger partial charge in [-0.25, -0.2) is 4.98 Å². The van der Waals surface area contributed by atoms with Crippen molar-refractivity contribution < 1.29 is 34.0 Å². The summed E-state index contributed by atoms with van der Waals surface area (Å²) in [6.07, 6.45) is 10.2. The van der Waals surface area contributed by atoms with Crippen molar-refractivity contribution in [3.8, 4) is 51.7 Å². The third-order valence-corrected chi connectivity index (χ3v) is 13.0. The molecule has 10 nitrogen and oxygen atoms in total. The van der Waals surface area contributed by atoms with Gasteiger partial charge in [0.25, 0.3) is 0 Å². The Morgan fingerprint density at radius 1 is 1.02 bits per heavy atom. The van der Waals surface area contributed by atoms with E-state index in [0.717, 1.165) is 75.9 Å². The topological polar surface area (TPSA) is 145 Å². The Bertz CT molecular complexity index is 2290. The fraction of sp³-hybridized carbons (Fsp3) is 0.447. The number of benzene rings is 3. The number of hydrogen-bond acceptors (Lipinski definition) is 10. The summed E-state index contributed by atoms with van der Waals surface area (Å²) in [5, 5.41) is 25.9. The number of carbonyl (C=O) groups is 1. The van der Waals surface area contributed by atoms with Crippen LogP contribution in [0.25, 0.3) is 11.1 Å². The number of fused-ring (bicyclic) bond motifs is 7. The van der Waals surface area contributed by atoms with Crippen molar-refractivity contribution in [2.24, 2.45) is 5.92 Å². The van der Waals surface area contributed by atoms with Crippen LogP contribution in [0.5, 0.6) is 28.7 Å². The van der Waals surface area contributed by atoms with Crippen molar-refractivity contribution in [3.05, 3.63) is 87.6 Å². The number of aromatic hydroxyl groups is 2. The van der Waals surface area contributed by atoms with Crippen molar-refractivity contribution in [3.63, 3.8) is 0 Å². The van der Waals surface area contributed by atoms with Crippen LogP contribution in [0.2, 0.25) is 0 Å². The van der Waals surface area contributed by atoms with Crippen molar-refractivity contribution >= 4 is 11.8 Å². The molecule has 0 saturated heterocycles. The molecule has 5 N–H and O–H groups in total. The molecule has 0 radical (unpaired) electrons. The lowest BCUT2D eigenvalue weighted by Crippen LogP contribution is -2.34. The summed E-state index contributed by atoms with van der Waals surface area (Å²) in [6, 6.07) is 15.9. The molecule has 10 heteroatoms. The molecule has 9 rings (SSSR count). The summed E-state index contributed by atoms with van der Waals surface area (Å²) < 4.78 is 25.3. The number of pyridine rings is 1. The second-order valence-electron chi connectivity index (χ2n) is 16.7. The summed E-state index contributed by atoms with van der Waals surface area (Å²) in [7, 11) is 1.64. The molecule has 4 atom stereocenters. The molecule has 1 spiro atoms. The number of nitrogens with one attached hydrogen (secondary N) is 1. The molecular formula is C47H51N3O7. The lowest BCUT2D eigenvalue weighted by atomic mass is 9.65. The van der Waals surface area contributed by atoms with E-state index in [-0.39, 0.29) is 35.4 Å². The Labute approximate surface area is 334 Å². The van der Waals surface area contributed by atoms with E-state index < -0.39 is 6.10 Å². The number of aromatic nitrogens is 1. The molecule has 2 aliphatic heterocycles. The van der Waals surface area contributed by atoms with E-state index in [4.69, 9.17) is 29.7 Å². The van der Waals surface area contributed by atoms with Gasteiger partial charge in [0.2, 0.25) is 0 Å². The predicted molar refractivity (Wildman–Crippen MR) is 217 cm³/mol. The van der Waals surface area contributed by atoms with Crippen LogP contribution in [-0.4, -0.2) is 54.1 Å². The molecule has 3 heterocycles. The first-order valence-corrected chi connectivity index (χ1v) is 20.5. The van der Waals surface area contributed by atoms with Crippen LogP contribution >= 0.6 is 0 Å². The Morgan fingerprint density at radius 3 is 2.70 bits per heavy atom. The minimum Gasteiger partial charge on any atom is -0.508 e. The highest BCUT2D eigenvalue weighted by Crippen LogP contribution is 2.62. The first-order valence-electron chi connectivity index (χ1n) is 20.5. The quantitative estimate of drug-likeness (QED) is 0.0805. The minimum atomic E-state index is -0.575. The number of phenols is 2. The Balaban J connectivity index is 1.20. The van der Waals surface area contributed by atoms with E-state index in [0.29, 0.717) is 61.0 Å². The summed E-state index contributed by atoms with van der Waals surface area (Å²) in [5.74, 6) is 8.74. The molecule has 2 saturated carbocycles. The first kappa shape index (κ1) is 37.2. The highest BCUT2D eigenvalue weighted by Gasteiger charge is 2.51. The number of anilines is 1. The van der Waals surface area contributed by atoms with Gasteiger partial charge in [0.05, 0.1) is 13.0 Å². The Kier molecular flexibility index (Phi) is 9.90. The van der Waals surface area contributed by atoms with Crippen LogP contribution < -0.4 is 25.3 Å². The molecule has 4 aromatic rings. The van der Waals surface area contributed by atoms with Crippen molar-refractivity contribution in [1.29, 1.82) is 0 Å². The number of nitrogens with two attached hydrogens (primary N) is 1. The number of esters is 1. The molecule has 5 aliphatic rings. The number of rotatable bonds is 8. The molecule has 4 bridgehead atoms. The summed E-state index contributed by atoms with van der Waals surface area (Å²) >= 11 is 0. The number of nitrogens with zero attached hydrogens (tertiary/aromatic N) is 1. The maximum atomic E-state index is 12.4. The lowest BCUT2D eigenvalue weighted by Gasteiger charge is -2.39. The molecule has 3 aromatic carbocycles. The van der Waals surface area contributed by atoms with Crippen LogP contribution in [0.3, 0.4) is 0 Å². The second-order valence-corrected chi connectivity index (χ2v) is 16.7. The molecular weight excluding hydrogens is 719 g/mol. The standard InChI is InChI=1S/C47H51N3O7/c1-27(51)56-26-37-34-12-13-35-43-31(20-33(52)22-41(43)54-2)25-47-16-15-28(24-47)19-30-11-14-42(48)50-38(30)10-6-7-29-21-39(53)40(23-36(29)45(37)57-46(34)44(35)47)55-18-17-49-32-8-4-3-5-9-32/h11-14,20-23,28,32,37,45,49,52-53H,3-5,7-9,15-19,24-26H2,1-2H3,(H2,48,50). The van der Waals surface area contributed by atoms with E-state index in [1.54, 1.807) is 19.2 Å². The van der Waals surface area contributed by atoms with Gasteiger partial charge in [-0.15, -0.1) is 0 Å². The van der Waals surface area contributed by atoms with Crippen molar-refractivity contribution in [2.75, 3.05) is 32.6 Å². The van der Waals surface area contributed by atoms with Crippen LogP contribution in [-0.2, 0) is 34.2 Å². The number of phenolic OH excluding ortho intramolecular Hbond substituents is 2. The van der Waals surface area contributed by atoms with Gasteiger partial charge in [0, 0.05) is 59.7 Å². The van der Waals surface area contributed by atoms with Gasteiger partial charge < -0.3 is 40.2 Å². The lowest BCUT2D eigenvalue weighted by molar-refractivity contribution is -0.141. The number of methoxy groups -OCH3 is 1. The van der Waals surface area contributed by atoms with Gasteiger partial charge in [-0.3, -0.25) is 4.79 Å². The van der Waals surface area contributed by atoms with Gasteiger partial charge in [-0.2, -0.15) is 0 Å². The van der Waals surface area contributed by atoms with Crippen LogP contribution in [0.15, 0.2) is 48.5 Å². The van der Waals surface area contributed by atoms with Crippen molar-refractivity contribution in [2.45, 2.75) is 101 Å². The fourth-order valence-corrected chi connectivity index (χ4v) is 10.5. The Morgan fingerprint density at radius 2 is 1.88 bits per heavy atom. The molecule has 3 aliphatic carbocycles. The van der Waals surface area contributed by atoms with Crippen LogP contribution in [0.1, 0.15) is 109 Å². The minimum absolute atomic E-state index is 0.0292. The summed E-state index contributed by atoms with van der Waals surface area (Å²) in [6.45, 7) is 2.60. The highest BCUT2D eigenvalue weighted by atomic mass is 16.5. The molecule has 57 heavy (non-hydrogen) atoms. The zero-order valence-corrected chi connectivity index (χ0v) is 32.8. The van der Waals surface area contributed by atoms with Gasteiger partial charge >= 0.3 is 5.97 Å². The van der Waals surface area contributed by atoms with Crippen LogP contribution in [0.4, 0.5) is 5.82 Å². The van der Waals surface area contributed by atoms with Crippen molar-refractivity contribution in [1.82, 2.24) is 10.3 Å². The largest absolute Gasteiger partial charge is 0.508 e. The number of ether oxygens (including phenoxy) is 4. The number of nitrogen functional groups attached to an aromatic ring is 1. The third kappa shape index (κ3) is 7.01. The SMILES string of the molecule is COc1cc(O)cc2c1-c1ccc3c4c1C1(CCC(Cc5ccc(N)nc5C#CCc5cc(O)c(OCCNC6CCCCC6)cc5C(O4)C3COC(C)=O)C1)C2. The normalized spacial score (nSPS) is 23.0. The molecule has 0 amide bonds. The first-order chi connectivity index (χ1) is 27.7. The van der Waals surface area contributed by atoms with E-state index in [1.807, 2.05) is 18.2 Å².